The Morgan fingerprint density at radius 2 is 1.39 bits per heavy atom. The molecule has 1 aliphatic heterocycles. The normalized spacial score (nSPS) is 20.8. The third kappa shape index (κ3) is 4.48. The smallest absolute Gasteiger partial charge is 0.327 e. The van der Waals surface area contributed by atoms with Gasteiger partial charge in [-0.1, -0.05) is 84.4 Å². The number of ether oxygens (including phenoxy) is 1. The quantitative estimate of drug-likeness (QED) is 0.333. The van der Waals surface area contributed by atoms with Crippen LogP contribution in [0.25, 0.3) is 0 Å². The zero-order valence-corrected chi connectivity index (χ0v) is 18.9. The zero-order valence-electron chi connectivity index (χ0n) is 17.3. The van der Waals surface area contributed by atoms with Crippen molar-refractivity contribution in [1.82, 2.24) is 5.09 Å². The van der Waals surface area contributed by atoms with Crippen molar-refractivity contribution in [3.8, 4) is 0 Å². The highest BCUT2D eigenvalue weighted by molar-refractivity contribution is 7.63. The van der Waals surface area contributed by atoms with Crippen molar-refractivity contribution in [2.75, 3.05) is 7.11 Å². The number of hydrogen-bond donors (Lipinski definition) is 1. The largest absolute Gasteiger partial charge is 0.468 e. The number of benzene rings is 3. The predicted molar refractivity (Wildman–Crippen MR) is 125 cm³/mol. The van der Waals surface area contributed by atoms with Crippen LogP contribution in [-0.4, -0.2) is 13.1 Å². The Morgan fingerprint density at radius 3 is 1.84 bits per heavy atom. The fourth-order valence-electron chi connectivity index (χ4n) is 4.46. The summed E-state index contributed by atoms with van der Waals surface area (Å²) < 4.78 is 19.9. The van der Waals surface area contributed by atoms with E-state index in [1.807, 2.05) is 60.7 Å². The summed E-state index contributed by atoms with van der Waals surface area (Å²) >= 11 is 6.04. The van der Waals surface area contributed by atoms with Gasteiger partial charge >= 0.3 is 5.97 Å². The Balaban J connectivity index is 1.78. The molecule has 3 aromatic carbocycles. The lowest BCUT2D eigenvalue weighted by Gasteiger charge is -2.31. The molecule has 1 saturated heterocycles. The molecule has 1 aliphatic rings. The molecule has 1 N–H and O–H groups in total. The molecule has 3 atom stereocenters. The average Bonchev–Trinajstić information content (AvgIpc) is 3.15. The number of carbonyl (C=O) groups excluding carboxylic acids is 1. The summed E-state index contributed by atoms with van der Waals surface area (Å²) in [6.07, 6.45) is 1.56. The highest BCUT2D eigenvalue weighted by atomic mass is 35.5. The molecule has 6 heteroatoms. The number of nitrogens with one attached hydrogen (secondary N) is 1. The second kappa shape index (κ2) is 9.40. The van der Waals surface area contributed by atoms with Crippen molar-refractivity contribution in [1.29, 1.82) is 0 Å². The number of methoxy groups -OCH3 is 1. The lowest BCUT2D eigenvalue weighted by molar-refractivity contribution is -0.142. The van der Waals surface area contributed by atoms with E-state index >= 15 is 0 Å². The molecule has 0 saturated carbocycles. The van der Waals surface area contributed by atoms with Crippen LogP contribution in [0.3, 0.4) is 0 Å². The molecule has 160 valence electrons. The summed E-state index contributed by atoms with van der Waals surface area (Å²) in [5, 5.41) is 3.89. The SMILES string of the molecule is COC(=O)[C@@H](NP1(=O)[C@H](c2ccccc2)CC[C@H]1c1ccccc1)c1ccc(Cl)cc1. The van der Waals surface area contributed by atoms with Gasteiger partial charge < -0.3 is 9.30 Å². The first-order valence-electron chi connectivity index (χ1n) is 10.3. The van der Waals surface area contributed by atoms with Gasteiger partial charge in [-0.25, -0.2) is 9.88 Å². The molecule has 0 unspecified atom stereocenters. The first-order valence-corrected chi connectivity index (χ1v) is 12.6. The third-order valence-electron chi connectivity index (χ3n) is 5.98. The molecule has 0 aromatic heterocycles. The van der Waals surface area contributed by atoms with E-state index in [-0.39, 0.29) is 11.3 Å². The Morgan fingerprint density at radius 1 is 0.903 bits per heavy atom. The molecular formula is C25H25ClNO3P. The minimum Gasteiger partial charge on any atom is -0.468 e. The number of hydrogen-bond acceptors (Lipinski definition) is 3. The van der Waals surface area contributed by atoms with Gasteiger partial charge in [-0.3, -0.25) is 0 Å². The highest BCUT2D eigenvalue weighted by Crippen LogP contribution is 2.74. The van der Waals surface area contributed by atoms with Crippen molar-refractivity contribution in [3.63, 3.8) is 0 Å². The molecule has 1 heterocycles. The van der Waals surface area contributed by atoms with E-state index < -0.39 is 19.3 Å². The van der Waals surface area contributed by atoms with Crippen LogP contribution in [-0.2, 0) is 14.1 Å². The van der Waals surface area contributed by atoms with Crippen LogP contribution in [0.1, 0.15) is 46.9 Å². The Hall–Kier alpha value is -2.39. The van der Waals surface area contributed by atoms with Gasteiger partial charge in [-0.05, 0) is 41.7 Å². The zero-order chi connectivity index (χ0) is 21.8. The van der Waals surface area contributed by atoms with Crippen LogP contribution >= 0.6 is 18.9 Å². The molecule has 4 nitrogen and oxygen atoms in total. The standard InChI is InChI=1S/C25H25ClNO3P/c1-30-25(28)24(20-12-14-21(26)15-13-20)27-31(29)22(18-8-4-2-5-9-18)16-17-23(31)19-10-6-3-7-11-19/h2-15,22-24H,16-17H2,1H3,(H,27,29)/t22-,23-,24-/m0/s1. The maximum Gasteiger partial charge on any atom is 0.327 e. The van der Waals surface area contributed by atoms with Gasteiger partial charge in [0.05, 0.1) is 18.4 Å². The number of carbonyl (C=O) groups is 1. The lowest BCUT2D eigenvalue weighted by atomic mass is 10.0. The summed E-state index contributed by atoms with van der Waals surface area (Å²) in [7, 11) is -1.77. The van der Waals surface area contributed by atoms with Gasteiger partial charge in [-0.2, -0.15) is 0 Å². The minimum absolute atomic E-state index is 0.182. The third-order valence-corrected chi connectivity index (χ3v) is 9.86. The molecule has 0 radical (unpaired) electrons. The van der Waals surface area contributed by atoms with Gasteiger partial charge in [0.15, 0.2) is 7.29 Å². The van der Waals surface area contributed by atoms with Gasteiger partial charge in [-0.15, -0.1) is 0 Å². The van der Waals surface area contributed by atoms with Crippen molar-refractivity contribution < 1.29 is 14.1 Å². The molecular weight excluding hydrogens is 429 g/mol. The summed E-state index contributed by atoms with van der Waals surface area (Å²) in [6, 6.07) is 26.0. The number of halogens is 1. The fraction of sp³-hybridized carbons (Fsp3) is 0.240. The first-order chi connectivity index (χ1) is 15.0. The second-order valence-electron chi connectivity index (χ2n) is 7.78. The van der Waals surface area contributed by atoms with Crippen molar-refractivity contribution in [3.05, 3.63) is 107 Å². The Bertz CT molecular complexity index is 1020. The van der Waals surface area contributed by atoms with E-state index in [2.05, 4.69) is 5.09 Å². The average molecular weight is 454 g/mol. The van der Waals surface area contributed by atoms with Crippen LogP contribution < -0.4 is 5.09 Å². The van der Waals surface area contributed by atoms with E-state index in [9.17, 15) is 9.36 Å². The van der Waals surface area contributed by atoms with Gasteiger partial charge in [0.2, 0.25) is 0 Å². The summed E-state index contributed by atoms with van der Waals surface area (Å²) in [6.45, 7) is 0. The van der Waals surface area contributed by atoms with Crippen LogP contribution in [0.2, 0.25) is 5.02 Å². The minimum atomic E-state index is -3.12. The Kier molecular flexibility index (Phi) is 6.62. The number of rotatable bonds is 6. The topological polar surface area (TPSA) is 55.4 Å². The summed E-state index contributed by atoms with van der Waals surface area (Å²) in [5.41, 5.74) is 2.36. The molecule has 1 fully saturated rings. The van der Waals surface area contributed by atoms with Crippen molar-refractivity contribution in [2.24, 2.45) is 0 Å². The van der Waals surface area contributed by atoms with Crippen molar-refractivity contribution in [2.45, 2.75) is 30.2 Å². The molecule has 4 rings (SSSR count). The molecule has 31 heavy (non-hydrogen) atoms. The van der Waals surface area contributed by atoms with E-state index in [1.54, 1.807) is 24.3 Å². The van der Waals surface area contributed by atoms with Crippen molar-refractivity contribution >= 4 is 24.9 Å². The maximum absolute atomic E-state index is 14.8. The van der Waals surface area contributed by atoms with E-state index in [4.69, 9.17) is 16.3 Å². The van der Waals surface area contributed by atoms with Gasteiger partial charge in [0, 0.05) is 5.02 Å². The summed E-state index contributed by atoms with van der Waals surface area (Å²) in [5.74, 6) is -0.469. The maximum atomic E-state index is 14.8. The van der Waals surface area contributed by atoms with Crippen LogP contribution in [0.15, 0.2) is 84.9 Å². The molecule has 0 spiro atoms. The van der Waals surface area contributed by atoms with E-state index in [0.29, 0.717) is 10.6 Å². The predicted octanol–water partition coefficient (Wildman–Crippen LogP) is 6.70. The first kappa shape index (κ1) is 21.8. The molecule has 0 aliphatic carbocycles. The monoisotopic (exact) mass is 453 g/mol. The van der Waals surface area contributed by atoms with Crippen LogP contribution in [0.4, 0.5) is 0 Å². The second-order valence-corrected chi connectivity index (χ2v) is 11.1. The van der Waals surface area contributed by atoms with E-state index in [1.165, 1.54) is 7.11 Å². The molecule has 0 amide bonds. The summed E-state index contributed by atoms with van der Waals surface area (Å²) in [4.78, 5) is 12.8. The number of esters is 1. The highest BCUT2D eigenvalue weighted by Gasteiger charge is 2.49. The lowest BCUT2D eigenvalue weighted by Crippen LogP contribution is -2.29. The Labute approximate surface area is 188 Å². The van der Waals surface area contributed by atoms with Crippen LogP contribution in [0, 0.1) is 0 Å². The molecule has 3 aromatic rings. The van der Waals surface area contributed by atoms with Crippen LogP contribution in [0.5, 0.6) is 0 Å². The van der Waals surface area contributed by atoms with Gasteiger partial charge in [0.25, 0.3) is 0 Å². The van der Waals surface area contributed by atoms with E-state index in [0.717, 1.165) is 24.0 Å². The van der Waals surface area contributed by atoms with Gasteiger partial charge in [0.1, 0.15) is 6.04 Å². The fourth-order valence-corrected chi connectivity index (χ4v) is 8.34. The molecule has 0 bridgehead atoms.